The number of thiophene rings is 1. The molecule has 0 saturated carbocycles. The van der Waals surface area contributed by atoms with E-state index in [9.17, 15) is 18.3 Å². The maximum atomic E-state index is 11.5. The van der Waals surface area contributed by atoms with Gasteiger partial charge < -0.3 is 5.11 Å². The molecule has 1 aromatic rings. The van der Waals surface area contributed by atoms with Crippen molar-refractivity contribution in [2.45, 2.75) is 19.3 Å². The maximum Gasteiger partial charge on any atom is 0.310 e. The van der Waals surface area contributed by atoms with E-state index in [0.717, 1.165) is 5.56 Å². The van der Waals surface area contributed by atoms with Crippen molar-refractivity contribution in [2.75, 3.05) is 11.5 Å². The first-order chi connectivity index (χ1) is 7.94. The van der Waals surface area contributed by atoms with Crippen LogP contribution in [-0.4, -0.2) is 31.0 Å². The molecule has 1 aliphatic rings. The first-order valence-electron chi connectivity index (χ1n) is 5.38. The summed E-state index contributed by atoms with van der Waals surface area (Å²) in [7, 11) is -3.17. The highest BCUT2D eigenvalue weighted by Gasteiger charge is 2.47. The summed E-state index contributed by atoms with van der Waals surface area (Å²) in [4.78, 5) is 11.3. The smallest absolute Gasteiger partial charge is 0.310 e. The SMILES string of the molecule is O=C(O)C1(CCc2ccsc2)CCS(=O)(=O)C1. The zero-order chi connectivity index (χ0) is 12.5. The molecule has 6 heteroatoms. The van der Waals surface area contributed by atoms with Gasteiger partial charge in [0.05, 0.1) is 16.9 Å². The van der Waals surface area contributed by atoms with Crippen molar-refractivity contribution in [3.63, 3.8) is 0 Å². The van der Waals surface area contributed by atoms with Gasteiger partial charge in [0.1, 0.15) is 0 Å². The molecule has 4 nitrogen and oxygen atoms in total. The van der Waals surface area contributed by atoms with Crippen LogP contribution < -0.4 is 0 Å². The van der Waals surface area contributed by atoms with E-state index < -0.39 is 21.2 Å². The van der Waals surface area contributed by atoms with Crippen LogP contribution in [0.2, 0.25) is 0 Å². The van der Waals surface area contributed by atoms with Gasteiger partial charge in [-0.2, -0.15) is 11.3 Å². The summed E-state index contributed by atoms with van der Waals surface area (Å²) in [5.41, 5.74) is 0.0146. The van der Waals surface area contributed by atoms with Crippen LogP contribution in [0.25, 0.3) is 0 Å². The molecule has 2 rings (SSSR count). The number of hydrogen-bond acceptors (Lipinski definition) is 4. The van der Waals surface area contributed by atoms with Crippen LogP contribution >= 0.6 is 11.3 Å². The summed E-state index contributed by atoms with van der Waals surface area (Å²) < 4.78 is 22.9. The molecule has 0 bridgehead atoms. The van der Waals surface area contributed by atoms with Gasteiger partial charge in [-0.3, -0.25) is 4.79 Å². The minimum absolute atomic E-state index is 0.00291. The second-order valence-electron chi connectivity index (χ2n) is 4.56. The van der Waals surface area contributed by atoms with E-state index >= 15 is 0 Å². The molecule has 1 atom stereocenters. The summed E-state index contributed by atoms with van der Waals surface area (Å²) in [6.07, 6.45) is 1.28. The minimum Gasteiger partial charge on any atom is -0.481 e. The Bertz CT molecular complexity index is 504. The van der Waals surface area contributed by atoms with Crippen molar-refractivity contribution in [3.8, 4) is 0 Å². The fourth-order valence-corrected chi connectivity index (χ4v) is 5.01. The Kier molecular flexibility index (Phi) is 3.27. The molecule has 94 valence electrons. The molecule has 0 amide bonds. The molecular weight excluding hydrogens is 260 g/mol. The normalized spacial score (nSPS) is 27.1. The van der Waals surface area contributed by atoms with Crippen LogP contribution in [0.5, 0.6) is 0 Å². The lowest BCUT2D eigenvalue weighted by Crippen LogP contribution is -2.32. The Balaban J connectivity index is 2.11. The summed E-state index contributed by atoms with van der Waals surface area (Å²) >= 11 is 1.56. The summed E-state index contributed by atoms with van der Waals surface area (Å²) in [5, 5.41) is 13.2. The van der Waals surface area contributed by atoms with Crippen LogP contribution in [0.1, 0.15) is 18.4 Å². The monoisotopic (exact) mass is 274 g/mol. The lowest BCUT2D eigenvalue weighted by atomic mass is 9.82. The van der Waals surface area contributed by atoms with E-state index in [2.05, 4.69) is 0 Å². The molecule has 0 aromatic carbocycles. The minimum atomic E-state index is -3.17. The molecule has 0 aliphatic carbocycles. The van der Waals surface area contributed by atoms with Crippen LogP contribution in [0.15, 0.2) is 16.8 Å². The molecule has 1 saturated heterocycles. The Labute approximate surface area is 104 Å². The molecule has 17 heavy (non-hydrogen) atoms. The molecule has 1 fully saturated rings. The van der Waals surface area contributed by atoms with Gasteiger partial charge in [0.25, 0.3) is 0 Å². The number of aryl methyl sites for hydroxylation is 1. The Morgan fingerprint density at radius 3 is 2.76 bits per heavy atom. The maximum absolute atomic E-state index is 11.5. The first-order valence-corrected chi connectivity index (χ1v) is 8.15. The van der Waals surface area contributed by atoms with E-state index in [1.165, 1.54) is 0 Å². The molecule has 2 heterocycles. The zero-order valence-corrected chi connectivity index (χ0v) is 10.9. The molecule has 0 spiro atoms. The van der Waals surface area contributed by atoms with E-state index in [0.29, 0.717) is 12.8 Å². The van der Waals surface area contributed by atoms with Gasteiger partial charge in [-0.05, 0) is 41.7 Å². The first kappa shape index (κ1) is 12.6. The number of hydrogen-bond donors (Lipinski definition) is 1. The zero-order valence-electron chi connectivity index (χ0n) is 9.26. The van der Waals surface area contributed by atoms with E-state index in [1.54, 1.807) is 11.3 Å². The predicted octanol–water partition coefficient (Wildman–Crippen LogP) is 1.57. The molecule has 1 aliphatic heterocycles. The van der Waals surface area contributed by atoms with Crippen molar-refractivity contribution >= 4 is 27.1 Å². The van der Waals surface area contributed by atoms with Gasteiger partial charge in [0.2, 0.25) is 0 Å². The quantitative estimate of drug-likeness (QED) is 0.904. The molecule has 1 aromatic heterocycles. The highest BCUT2D eigenvalue weighted by atomic mass is 32.2. The van der Waals surface area contributed by atoms with Crippen molar-refractivity contribution in [1.29, 1.82) is 0 Å². The van der Waals surface area contributed by atoms with Gasteiger partial charge >= 0.3 is 5.97 Å². The van der Waals surface area contributed by atoms with Crippen molar-refractivity contribution in [2.24, 2.45) is 5.41 Å². The Hall–Kier alpha value is -0.880. The average molecular weight is 274 g/mol. The van der Waals surface area contributed by atoms with Gasteiger partial charge in [0, 0.05) is 0 Å². The third kappa shape index (κ3) is 2.69. The Morgan fingerprint density at radius 1 is 1.53 bits per heavy atom. The lowest BCUT2D eigenvalue weighted by molar-refractivity contribution is -0.147. The van der Waals surface area contributed by atoms with Gasteiger partial charge in [-0.1, -0.05) is 0 Å². The van der Waals surface area contributed by atoms with Crippen LogP contribution in [0, 0.1) is 5.41 Å². The largest absolute Gasteiger partial charge is 0.481 e. The lowest BCUT2D eigenvalue weighted by Gasteiger charge is -2.21. The number of aliphatic carboxylic acids is 1. The number of sulfone groups is 1. The van der Waals surface area contributed by atoms with Crippen LogP contribution in [0.3, 0.4) is 0 Å². The summed E-state index contributed by atoms with van der Waals surface area (Å²) in [6, 6.07) is 1.95. The van der Waals surface area contributed by atoms with Crippen molar-refractivity contribution < 1.29 is 18.3 Å². The molecule has 1 N–H and O–H groups in total. The number of carboxylic acid groups (broad SMARTS) is 1. The average Bonchev–Trinajstić information content (AvgIpc) is 2.83. The van der Waals surface area contributed by atoms with Gasteiger partial charge in [0.15, 0.2) is 9.84 Å². The van der Waals surface area contributed by atoms with E-state index in [4.69, 9.17) is 0 Å². The van der Waals surface area contributed by atoms with E-state index in [-0.39, 0.29) is 17.9 Å². The number of rotatable bonds is 4. The Morgan fingerprint density at radius 2 is 2.29 bits per heavy atom. The fourth-order valence-electron chi connectivity index (χ4n) is 2.21. The topological polar surface area (TPSA) is 71.4 Å². The standard InChI is InChI=1S/C11H14O4S2/c12-10(13)11(4-6-17(14,15)8-11)3-1-9-2-5-16-7-9/h2,5,7H,1,3-4,6,8H2,(H,12,13). The second-order valence-corrected chi connectivity index (χ2v) is 7.52. The van der Waals surface area contributed by atoms with Crippen molar-refractivity contribution in [3.05, 3.63) is 22.4 Å². The highest BCUT2D eigenvalue weighted by molar-refractivity contribution is 7.91. The predicted molar refractivity (Wildman–Crippen MR) is 66.0 cm³/mol. The number of carbonyl (C=O) groups is 1. The molecule has 1 unspecified atom stereocenters. The van der Waals surface area contributed by atoms with Crippen molar-refractivity contribution in [1.82, 2.24) is 0 Å². The van der Waals surface area contributed by atoms with Gasteiger partial charge in [-0.15, -0.1) is 0 Å². The van der Waals surface area contributed by atoms with E-state index in [1.807, 2.05) is 16.8 Å². The fraction of sp³-hybridized carbons (Fsp3) is 0.545. The third-order valence-electron chi connectivity index (χ3n) is 3.31. The molecular formula is C11H14O4S2. The second kappa shape index (κ2) is 4.42. The van der Waals surface area contributed by atoms with Crippen LogP contribution in [-0.2, 0) is 21.1 Å². The summed E-state index contributed by atoms with van der Waals surface area (Å²) in [6.45, 7) is 0. The number of carboxylic acids is 1. The van der Waals surface area contributed by atoms with Crippen LogP contribution in [0.4, 0.5) is 0 Å². The highest BCUT2D eigenvalue weighted by Crippen LogP contribution is 2.37. The summed E-state index contributed by atoms with van der Waals surface area (Å²) in [5.74, 6) is -1.18. The third-order valence-corrected chi connectivity index (χ3v) is 5.86. The molecule has 0 radical (unpaired) electrons. The van der Waals surface area contributed by atoms with Gasteiger partial charge in [-0.25, -0.2) is 8.42 Å².